The van der Waals surface area contributed by atoms with Crippen molar-refractivity contribution in [1.82, 2.24) is 0 Å². The Labute approximate surface area is 79.8 Å². The van der Waals surface area contributed by atoms with Crippen LogP contribution in [0.15, 0.2) is 36.5 Å². The Morgan fingerprint density at radius 2 is 2.00 bits per heavy atom. The summed E-state index contributed by atoms with van der Waals surface area (Å²) in [6.45, 7) is 7.35. The number of allylic oxidation sites excluding steroid dienone is 4. The van der Waals surface area contributed by atoms with E-state index < -0.39 is 0 Å². The Balaban J connectivity index is 2.69. The van der Waals surface area contributed by atoms with E-state index in [1.54, 1.807) is 0 Å². The number of Topliss-reactive ketones (excluding diaryl/α,β-unsaturated/α-hetero) is 1. The highest BCUT2D eigenvalue weighted by molar-refractivity contribution is 5.98. The van der Waals surface area contributed by atoms with Gasteiger partial charge in [-0.2, -0.15) is 0 Å². The predicted octanol–water partition coefficient (Wildman–Crippen LogP) is 3.19. The first kappa shape index (κ1) is 9.97. The topological polar surface area (TPSA) is 17.1 Å². The lowest BCUT2D eigenvalue weighted by Crippen LogP contribution is -1.94. The van der Waals surface area contributed by atoms with Crippen molar-refractivity contribution < 1.29 is 4.79 Å². The molecule has 0 saturated heterocycles. The maximum Gasteiger partial charge on any atom is 0.159 e. The highest BCUT2D eigenvalue weighted by Gasteiger charge is 2.20. The SMILES string of the molecule is C=CCCC1=C(CC=C)C(=O)CC1. The largest absolute Gasteiger partial charge is 0.295 e. The second kappa shape index (κ2) is 4.80. The Kier molecular flexibility index (Phi) is 3.69. The molecule has 1 rings (SSSR count). The van der Waals surface area contributed by atoms with Crippen molar-refractivity contribution in [2.24, 2.45) is 0 Å². The average Bonchev–Trinajstić information content (AvgIpc) is 2.46. The van der Waals surface area contributed by atoms with Crippen LogP contribution in [0, 0.1) is 0 Å². The third kappa shape index (κ3) is 2.41. The highest BCUT2D eigenvalue weighted by atomic mass is 16.1. The molecule has 0 saturated carbocycles. The maximum atomic E-state index is 11.4. The Hall–Kier alpha value is -1.11. The Bertz CT molecular complexity index is 258. The maximum absolute atomic E-state index is 11.4. The molecule has 1 heteroatoms. The average molecular weight is 176 g/mol. The van der Waals surface area contributed by atoms with Crippen LogP contribution >= 0.6 is 0 Å². The summed E-state index contributed by atoms with van der Waals surface area (Å²) in [6.07, 6.45) is 8.09. The van der Waals surface area contributed by atoms with Gasteiger partial charge in [-0.3, -0.25) is 4.79 Å². The van der Waals surface area contributed by atoms with Crippen molar-refractivity contribution in [3.63, 3.8) is 0 Å². The molecule has 1 aliphatic rings. The van der Waals surface area contributed by atoms with E-state index in [9.17, 15) is 4.79 Å². The predicted molar refractivity (Wildman–Crippen MR) is 55.5 cm³/mol. The summed E-state index contributed by atoms with van der Waals surface area (Å²) in [5.41, 5.74) is 2.33. The van der Waals surface area contributed by atoms with Gasteiger partial charge >= 0.3 is 0 Å². The van der Waals surface area contributed by atoms with Crippen molar-refractivity contribution in [3.05, 3.63) is 36.5 Å². The molecule has 0 radical (unpaired) electrons. The minimum absolute atomic E-state index is 0.318. The molecule has 0 fully saturated rings. The van der Waals surface area contributed by atoms with Crippen molar-refractivity contribution in [3.8, 4) is 0 Å². The van der Waals surface area contributed by atoms with Crippen LogP contribution in [0.2, 0.25) is 0 Å². The van der Waals surface area contributed by atoms with Crippen LogP contribution in [0.4, 0.5) is 0 Å². The van der Waals surface area contributed by atoms with Gasteiger partial charge in [0.1, 0.15) is 0 Å². The summed E-state index contributed by atoms with van der Waals surface area (Å²) in [5.74, 6) is 0.318. The van der Waals surface area contributed by atoms with Crippen LogP contribution in [-0.4, -0.2) is 5.78 Å². The standard InChI is InChI=1S/C12H16O/c1-3-5-7-10-8-9-12(13)11(10)6-4-2/h3-4H,1-2,5-9H2. The fraction of sp³-hybridized carbons (Fsp3) is 0.417. The van der Waals surface area contributed by atoms with Crippen LogP contribution in [0.5, 0.6) is 0 Å². The van der Waals surface area contributed by atoms with Crippen LogP contribution in [0.25, 0.3) is 0 Å². The van der Waals surface area contributed by atoms with E-state index in [1.807, 2.05) is 12.2 Å². The molecule has 0 aromatic rings. The first-order valence-electron chi connectivity index (χ1n) is 4.75. The molecule has 0 atom stereocenters. The van der Waals surface area contributed by atoms with Gasteiger partial charge in [-0.05, 0) is 31.3 Å². The van der Waals surface area contributed by atoms with E-state index in [2.05, 4.69) is 13.2 Å². The summed E-state index contributed by atoms with van der Waals surface area (Å²) in [4.78, 5) is 11.4. The molecule has 0 heterocycles. The van der Waals surface area contributed by atoms with Gasteiger partial charge in [-0.25, -0.2) is 0 Å². The molecule has 70 valence electrons. The zero-order chi connectivity index (χ0) is 9.68. The van der Waals surface area contributed by atoms with Gasteiger partial charge in [-0.1, -0.05) is 17.7 Å². The summed E-state index contributed by atoms with van der Waals surface area (Å²) >= 11 is 0. The number of rotatable bonds is 5. The molecule has 1 aliphatic carbocycles. The van der Waals surface area contributed by atoms with Crippen molar-refractivity contribution >= 4 is 5.78 Å². The number of carbonyl (C=O) groups is 1. The van der Waals surface area contributed by atoms with Gasteiger partial charge in [0.05, 0.1) is 0 Å². The Morgan fingerprint density at radius 1 is 1.23 bits per heavy atom. The van der Waals surface area contributed by atoms with E-state index in [0.29, 0.717) is 12.2 Å². The summed E-state index contributed by atoms with van der Waals surface area (Å²) in [7, 11) is 0. The third-order valence-corrected chi connectivity index (χ3v) is 2.42. The van der Waals surface area contributed by atoms with E-state index in [-0.39, 0.29) is 0 Å². The van der Waals surface area contributed by atoms with Gasteiger partial charge in [0.15, 0.2) is 5.78 Å². The molecule has 0 bridgehead atoms. The summed E-state index contributed by atoms with van der Waals surface area (Å²) in [6, 6.07) is 0. The second-order valence-electron chi connectivity index (χ2n) is 3.33. The highest BCUT2D eigenvalue weighted by Crippen LogP contribution is 2.28. The minimum Gasteiger partial charge on any atom is -0.295 e. The van der Waals surface area contributed by atoms with Gasteiger partial charge in [0, 0.05) is 6.42 Å². The molecule has 0 spiro atoms. The molecule has 0 aromatic heterocycles. The molecular weight excluding hydrogens is 160 g/mol. The molecule has 1 nitrogen and oxygen atoms in total. The van der Waals surface area contributed by atoms with Crippen molar-refractivity contribution in [2.45, 2.75) is 32.1 Å². The molecule has 13 heavy (non-hydrogen) atoms. The fourth-order valence-corrected chi connectivity index (χ4v) is 1.72. The molecule has 0 N–H and O–H groups in total. The van der Waals surface area contributed by atoms with Crippen LogP contribution in [-0.2, 0) is 4.79 Å². The lowest BCUT2D eigenvalue weighted by Gasteiger charge is -2.01. The molecule has 0 aromatic carbocycles. The molecular formula is C12H16O. The molecule has 0 amide bonds. The second-order valence-corrected chi connectivity index (χ2v) is 3.33. The monoisotopic (exact) mass is 176 g/mol. The lowest BCUT2D eigenvalue weighted by molar-refractivity contribution is -0.114. The Morgan fingerprint density at radius 3 is 2.62 bits per heavy atom. The van der Waals surface area contributed by atoms with Crippen molar-refractivity contribution in [1.29, 1.82) is 0 Å². The van der Waals surface area contributed by atoms with Gasteiger partial charge in [0.25, 0.3) is 0 Å². The lowest BCUT2D eigenvalue weighted by atomic mass is 10.0. The number of ketones is 1. The van der Waals surface area contributed by atoms with Gasteiger partial charge in [-0.15, -0.1) is 13.2 Å². The number of hydrogen-bond donors (Lipinski definition) is 0. The van der Waals surface area contributed by atoms with E-state index >= 15 is 0 Å². The number of hydrogen-bond acceptors (Lipinski definition) is 1. The van der Waals surface area contributed by atoms with Gasteiger partial charge in [0.2, 0.25) is 0 Å². The van der Waals surface area contributed by atoms with Crippen molar-refractivity contribution in [2.75, 3.05) is 0 Å². The van der Waals surface area contributed by atoms with Crippen LogP contribution in [0.1, 0.15) is 32.1 Å². The first-order chi connectivity index (χ1) is 6.29. The fourth-order valence-electron chi connectivity index (χ4n) is 1.72. The van der Waals surface area contributed by atoms with Gasteiger partial charge < -0.3 is 0 Å². The van der Waals surface area contributed by atoms with Crippen LogP contribution in [0.3, 0.4) is 0 Å². The first-order valence-corrected chi connectivity index (χ1v) is 4.75. The number of carbonyl (C=O) groups excluding carboxylic acids is 1. The van der Waals surface area contributed by atoms with Crippen LogP contribution < -0.4 is 0 Å². The van der Waals surface area contributed by atoms with E-state index in [1.165, 1.54) is 5.57 Å². The smallest absolute Gasteiger partial charge is 0.159 e. The zero-order valence-electron chi connectivity index (χ0n) is 8.01. The minimum atomic E-state index is 0.318. The van der Waals surface area contributed by atoms with E-state index in [4.69, 9.17) is 0 Å². The zero-order valence-corrected chi connectivity index (χ0v) is 8.01. The summed E-state index contributed by atoms with van der Waals surface area (Å²) in [5, 5.41) is 0. The third-order valence-electron chi connectivity index (χ3n) is 2.42. The van der Waals surface area contributed by atoms with E-state index in [0.717, 1.165) is 31.3 Å². The molecule has 0 unspecified atom stereocenters. The normalized spacial score (nSPS) is 16.5. The summed E-state index contributed by atoms with van der Waals surface area (Å²) < 4.78 is 0. The molecule has 0 aliphatic heterocycles. The quantitative estimate of drug-likeness (QED) is 0.588.